The lowest BCUT2D eigenvalue weighted by atomic mass is 9.37. The predicted molar refractivity (Wildman–Crippen MR) is 118 cm³/mol. The van der Waals surface area contributed by atoms with Crippen molar-refractivity contribution in [3.05, 3.63) is 35.9 Å². The van der Waals surface area contributed by atoms with Crippen LogP contribution in [0.3, 0.4) is 0 Å². The number of fused-ring (bicyclic) bond motifs is 2. The molecule has 2 bridgehead atoms. The molecule has 1 spiro atoms. The van der Waals surface area contributed by atoms with E-state index in [-0.39, 0.29) is 45.8 Å². The van der Waals surface area contributed by atoms with Gasteiger partial charge in [0.2, 0.25) is 0 Å². The van der Waals surface area contributed by atoms with Gasteiger partial charge >= 0.3 is 5.97 Å². The Morgan fingerprint density at radius 1 is 1.00 bits per heavy atom. The molecule has 4 aliphatic rings. The number of carbonyl (C=O) groups excluding carboxylic acids is 1. The molecule has 1 aromatic carbocycles. The lowest BCUT2D eigenvalue weighted by Gasteiger charge is -2.68. The lowest BCUT2D eigenvalue weighted by Crippen LogP contribution is -2.64. The summed E-state index contributed by atoms with van der Waals surface area (Å²) in [5.41, 5.74) is 1.38. The predicted octanol–water partition coefficient (Wildman–Crippen LogP) is 6.01. The zero-order valence-corrected chi connectivity index (χ0v) is 19.1. The molecule has 3 heteroatoms. The van der Waals surface area contributed by atoms with Crippen LogP contribution in [0.5, 0.6) is 0 Å². The summed E-state index contributed by atoms with van der Waals surface area (Å²) in [7, 11) is 0. The fraction of sp³-hybridized carbons (Fsp3) is 0.741. The zero-order chi connectivity index (χ0) is 21.4. The van der Waals surface area contributed by atoms with Gasteiger partial charge in [-0.05, 0) is 84.7 Å². The molecule has 0 aromatic heterocycles. The number of esters is 1. The number of aliphatic hydroxyl groups excluding tert-OH is 1. The van der Waals surface area contributed by atoms with Crippen molar-refractivity contribution in [2.24, 2.45) is 33.5 Å². The molecule has 7 atom stereocenters. The number of hydrogen-bond acceptors (Lipinski definition) is 3. The Kier molecular flexibility index (Phi) is 4.50. The van der Waals surface area contributed by atoms with E-state index in [9.17, 15) is 9.90 Å². The van der Waals surface area contributed by atoms with Crippen LogP contribution in [0, 0.1) is 33.5 Å². The number of aliphatic hydroxyl groups is 1. The van der Waals surface area contributed by atoms with Crippen LogP contribution in [0.15, 0.2) is 30.3 Å². The number of carbonyl (C=O) groups is 1. The van der Waals surface area contributed by atoms with Crippen LogP contribution in [0.2, 0.25) is 0 Å². The van der Waals surface area contributed by atoms with E-state index in [0.29, 0.717) is 11.5 Å². The summed E-state index contributed by atoms with van der Waals surface area (Å²) in [6.45, 7) is 9.74. The van der Waals surface area contributed by atoms with E-state index in [1.807, 2.05) is 30.3 Å². The monoisotopic (exact) mass is 410 g/mol. The molecule has 5 rings (SSSR count). The quantitative estimate of drug-likeness (QED) is 0.608. The van der Waals surface area contributed by atoms with Gasteiger partial charge in [-0.1, -0.05) is 52.3 Å². The van der Waals surface area contributed by atoms with Crippen LogP contribution in [0.25, 0.3) is 0 Å². The van der Waals surface area contributed by atoms with Gasteiger partial charge in [0, 0.05) is 5.92 Å². The maximum Gasteiger partial charge on any atom is 0.338 e. The minimum absolute atomic E-state index is 0.0248. The van der Waals surface area contributed by atoms with Crippen molar-refractivity contribution < 1.29 is 14.6 Å². The Hall–Kier alpha value is -1.35. The number of benzene rings is 1. The van der Waals surface area contributed by atoms with Gasteiger partial charge in [-0.15, -0.1) is 0 Å². The zero-order valence-electron chi connectivity index (χ0n) is 19.1. The number of hydrogen-bond donors (Lipinski definition) is 1. The molecular formula is C27H38O3. The Balaban J connectivity index is 1.55. The fourth-order valence-corrected chi connectivity index (χ4v) is 8.78. The highest BCUT2D eigenvalue weighted by Crippen LogP contribution is 2.76. The normalized spacial score (nSPS) is 46.6. The standard InChI is InChI=1S/C27H38O3/c1-24(2)11-8-12-26(4)21(24)16-20(30-23(29)18-9-6-5-7-10-18)19-15-22(28)25(3)13-14-27(19,26)17-25/h5-7,9-10,19-22,28H,8,11-17H2,1-4H3/t19-,20+,21-,22+,25+,26-,27-/m0/s1. The number of rotatable bonds is 2. The molecule has 4 saturated carbocycles. The van der Waals surface area contributed by atoms with Crippen molar-refractivity contribution in [2.45, 2.75) is 91.3 Å². The van der Waals surface area contributed by atoms with Gasteiger partial charge in [0.15, 0.2) is 0 Å². The molecule has 0 heterocycles. The van der Waals surface area contributed by atoms with E-state index < -0.39 is 0 Å². The molecule has 3 nitrogen and oxygen atoms in total. The highest BCUT2D eigenvalue weighted by Gasteiger charge is 2.71. The van der Waals surface area contributed by atoms with Gasteiger partial charge in [-0.2, -0.15) is 0 Å². The number of ether oxygens (including phenoxy) is 1. The first kappa shape index (κ1) is 20.5. The molecular weight excluding hydrogens is 372 g/mol. The summed E-state index contributed by atoms with van der Waals surface area (Å²) in [6, 6.07) is 9.41. The van der Waals surface area contributed by atoms with Crippen molar-refractivity contribution in [3.8, 4) is 0 Å². The summed E-state index contributed by atoms with van der Waals surface area (Å²) >= 11 is 0. The lowest BCUT2D eigenvalue weighted by molar-refractivity contribution is -0.224. The van der Waals surface area contributed by atoms with Crippen molar-refractivity contribution in [2.75, 3.05) is 0 Å². The molecule has 4 aliphatic carbocycles. The van der Waals surface area contributed by atoms with Gasteiger partial charge in [0.05, 0.1) is 11.7 Å². The molecule has 0 radical (unpaired) electrons. The first-order valence-corrected chi connectivity index (χ1v) is 12.1. The SMILES string of the molecule is CC1(C)CCC[C@@]2(C)[C@H]1C[C@@H](OC(=O)c1ccccc1)[C@@H]1C[C@@H](O)[C@]3(C)CC[C@]12C3. The van der Waals surface area contributed by atoms with Gasteiger partial charge < -0.3 is 9.84 Å². The second-order valence-electron chi connectivity index (χ2n) is 12.2. The van der Waals surface area contributed by atoms with Crippen LogP contribution < -0.4 is 0 Å². The summed E-state index contributed by atoms with van der Waals surface area (Å²) < 4.78 is 6.31. The highest BCUT2D eigenvalue weighted by molar-refractivity contribution is 5.89. The summed E-state index contributed by atoms with van der Waals surface area (Å²) in [4.78, 5) is 13.1. The van der Waals surface area contributed by atoms with E-state index in [1.165, 1.54) is 25.7 Å². The minimum atomic E-state index is -0.284. The highest BCUT2D eigenvalue weighted by atomic mass is 16.5. The molecule has 164 valence electrons. The van der Waals surface area contributed by atoms with Gasteiger partial charge in [0.1, 0.15) is 6.10 Å². The fourth-order valence-electron chi connectivity index (χ4n) is 8.78. The molecule has 1 N–H and O–H groups in total. The third kappa shape index (κ3) is 2.70. The average Bonchev–Trinajstić information content (AvgIpc) is 3.02. The molecule has 30 heavy (non-hydrogen) atoms. The molecule has 1 aromatic rings. The molecule has 0 aliphatic heterocycles. The van der Waals surface area contributed by atoms with E-state index in [0.717, 1.165) is 25.7 Å². The van der Waals surface area contributed by atoms with Crippen LogP contribution in [-0.4, -0.2) is 23.3 Å². The maximum absolute atomic E-state index is 13.1. The summed E-state index contributed by atoms with van der Waals surface area (Å²) in [5.74, 6) is 0.626. The minimum Gasteiger partial charge on any atom is -0.458 e. The van der Waals surface area contributed by atoms with Gasteiger partial charge in [-0.25, -0.2) is 4.79 Å². The van der Waals surface area contributed by atoms with E-state index in [1.54, 1.807) is 0 Å². The molecule has 4 fully saturated rings. The van der Waals surface area contributed by atoms with Crippen molar-refractivity contribution in [3.63, 3.8) is 0 Å². The largest absolute Gasteiger partial charge is 0.458 e. The Morgan fingerprint density at radius 3 is 2.47 bits per heavy atom. The smallest absolute Gasteiger partial charge is 0.338 e. The van der Waals surface area contributed by atoms with Crippen LogP contribution in [0.1, 0.15) is 89.4 Å². The van der Waals surface area contributed by atoms with Crippen molar-refractivity contribution in [1.82, 2.24) is 0 Å². The van der Waals surface area contributed by atoms with E-state index >= 15 is 0 Å². The van der Waals surface area contributed by atoms with E-state index in [4.69, 9.17) is 4.74 Å². The van der Waals surface area contributed by atoms with Gasteiger partial charge in [0.25, 0.3) is 0 Å². The summed E-state index contributed by atoms with van der Waals surface area (Å²) in [5, 5.41) is 11.1. The molecule has 0 saturated heterocycles. The maximum atomic E-state index is 13.1. The average molecular weight is 411 g/mol. The third-order valence-electron chi connectivity index (χ3n) is 10.4. The van der Waals surface area contributed by atoms with Crippen LogP contribution in [-0.2, 0) is 4.74 Å². The second-order valence-corrected chi connectivity index (χ2v) is 12.2. The van der Waals surface area contributed by atoms with Crippen LogP contribution in [0.4, 0.5) is 0 Å². The van der Waals surface area contributed by atoms with Crippen LogP contribution >= 0.6 is 0 Å². The van der Waals surface area contributed by atoms with Crippen molar-refractivity contribution >= 4 is 5.97 Å². The second kappa shape index (κ2) is 6.58. The molecule has 0 unspecified atom stereocenters. The summed E-state index contributed by atoms with van der Waals surface area (Å²) in [6.07, 6.45) is 8.55. The first-order valence-electron chi connectivity index (χ1n) is 12.1. The van der Waals surface area contributed by atoms with E-state index in [2.05, 4.69) is 27.7 Å². The van der Waals surface area contributed by atoms with Gasteiger partial charge in [-0.3, -0.25) is 0 Å². The Morgan fingerprint density at radius 2 is 1.73 bits per heavy atom. The Labute approximate surface area is 181 Å². The van der Waals surface area contributed by atoms with Crippen molar-refractivity contribution in [1.29, 1.82) is 0 Å². The first-order chi connectivity index (χ1) is 14.1. The molecule has 0 amide bonds. The third-order valence-corrected chi connectivity index (χ3v) is 10.4. The Bertz CT molecular complexity index is 832. The topological polar surface area (TPSA) is 46.5 Å².